The fourth-order valence-electron chi connectivity index (χ4n) is 3.15. The number of fused-ring (bicyclic) bond motifs is 1. The van der Waals surface area contributed by atoms with Gasteiger partial charge < -0.3 is 13.9 Å². The number of nitrogens with one attached hydrogen (secondary N) is 1. The molecule has 2 aromatic rings. The van der Waals surface area contributed by atoms with Crippen molar-refractivity contribution in [2.75, 3.05) is 20.3 Å². The molecule has 1 fully saturated rings. The molecule has 0 saturated carbocycles. The maximum Gasteiger partial charge on any atom is 0.134 e. The molecule has 114 valence electrons. The molecule has 21 heavy (non-hydrogen) atoms. The van der Waals surface area contributed by atoms with Gasteiger partial charge in [0.2, 0.25) is 0 Å². The van der Waals surface area contributed by atoms with Crippen LogP contribution in [0.4, 0.5) is 0 Å². The highest BCUT2D eigenvalue weighted by molar-refractivity contribution is 5.78. The summed E-state index contributed by atoms with van der Waals surface area (Å²) in [4.78, 5) is 0. The van der Waals surface area contributed by atoms with Crippen LogP contribution in [0.1, 0.15) is 30.2 Å². The second-order valence-corrected chi connectivity index (χ2v) is 5.67. The number of rotatable bonds is 4. The quantitative estimate of drug-likeness (QED) is 0.668. The largest absolute Gasteiger partial charge is 0.459 e. The molecule has 0 amide bonds. The van der Waals surface area contributed by atoms with Gasteiger partial charge >= 0.3 is 0 Å². The average Bonchev–Trinajstić information content (AvgIpc) is 2.91. The van der Waals surface area contributed by atoms with Crippen LogP contribution >= 0.6 is 0 Å². The van der Waals surface area contributed by atoms with Crippen LogP contribution in [0.5, 0.6) is 0 Å². The van der Waals surface area contributed by atoms with Crippen molar-refractivity contribution in [3.8, 4) is 0 Å². The van der Waals surface area contributed by atoms with Gasteiger partial charge in [0.15, 0.2) is 0 Å². The van der Waals surface area contributed by atoms with E-state index in [2.05, 4.69) is 18.4 Å². The summed E-state index contributed by atoms with van der Waals surface area (Å²) in [7, 11) is 1.72. The lowest BCUT2D eigenvalue weighted by Crippen LogP contribution is -2.51. The highest BCUT2D eigenvalue weighted by atomic mass is 16.5. The smallest absolute Gasteiger partial charge is 0.134 e. The fraction of sp³-hybridized carbons (Fsp3) is 0.500. The van der Waals surface area contributed by atoms with Crippen molar-refractivity contribution in [1.82, 2.24) is 5.43 Å². The van der Waals surface area contributed by atoms with Crippen LogP contribution in [0.25, 0.3) is 11.0 Å². The summed E-state index contributed by atoms with van der Waals surface area (Å²) in [6.45, 7) is 3.41. The molecule has 3 N–H and O–H groups in total. The Hall–Kier alpha value is -1.40. The summed E-state index contributed by atoms with van der Waals surface area (Å²) in [5.41, 5.74) is 4.57. The van der Waals surface area contributed by atoms with E-state index in [1.165, 1.54) is 5.56 Å². The topological polar surface area (TPSA) is 69.7 Å². The monoisotopic (exact) mass is 290 g/mol. The lowest BCUT2D eigenvalue weighted by Gasteiger charge is -2.40. The molecule has 0 aliphatic carbocycles. The van der Waals surface area contributed by atoms with Crippen LogP contribution in [0.2, 0.25) is 0 Å². The van der Waals surface area contributed by atoms with Crippen LogP contribution in [0.3, 0.4) is 0 Å². The third kappa shape index (κ3) is 2.58. The molecule has 5 heteroatoms. The van der Waals surface area contributed by atoms with Gasteiger partial charge in [0, 0.05) is 38.6 Å². The Morgan fingerprint density at radius 1 is 1.29 bits per heavy atom. The fourth-order valence-corrected chi connectivity index (χ4v) is 3.15. The van der Waals surface area contributed by atoms with Crippen molar-refractivity contribution in [1.29, 1.82) is 0 Å². The lowest BCUT2D eigenvalue weighted by molar-refractivity contribution is -0.114. The van der Waals surface area contributed by atoms with Gasteiger partial charge in [0.25, 0.3) is 0 Å². The number of hydrazine groups is 1. The summed E-state index contributed by atoms with van der Waals surface area (Å²) < 4.78 is 17.3. The minimum absolute atomic E-state index is 0.195. The Kier molecular flexibility index (Phi) is 3.99. The molecule has 2 heterocycles. The van der Waals surface area contributed by atoms with Crippen molar-refractivity contribution in [2.24, 2.45) is 5.84 Å². The van der Waals surface area contributed by atoms with E-state index >= 15 is 0 Å². The van der Waals surface area contributed by atoms with E-state index in [1.807, 2.05) is 18.2 Å². The molecule has 3 rings (SSSR count). The molecule has 1 aromatic carbocycles. The predicted octanol–water partition coefficient (Wildman–Crippen LogP) is 2.44. The molecule has 0 spiro atoms. The van der Waals surface area contributed by atoms with Crippen LogP contribution in [-0.2, 0) is 9.47 Å². The standard InChI is InChI=1S/C16H22N2O3/c1-11-3-4-13-12(9-11)10-14(21-13)15(18-17)16(19-2)5-7-20-8-6-16/h3-4,9-10,15,18H,5-8,17H2,1-2H3. The Morgan fingerprint density at radius 3 is 2.71 bits per heavy atom. The number of benzene rings is 1. The van der Waals surface area contributed by atoms with Gasteiger partial charge in [-0.05, 0) is 25.1 Å². The molecule has 1 aromatic heterocycles. The molecule has 1 unspecified atom stereocenters. The van der Waals surface area contributed by atoms with Crippen LogP contribution < -0.4 is 11.3 Å². The minimum atomic E-state index is -0.393. The Balaban J connectivity index is 2.00. The van der Waals surface area contributed by atoms with Crippen molar-refractivity contribution >= 4 is 11.0 Å². The van der Waals surface area contributed by atoms with E-state index in [0.717, 1.165) is 29.6 Å². The van der Waals surface area contributed by atoms with E-state index in [1.54, 1.807) is 7.11 Å². The van der Waals surface area contributed by atoms with Crippen molar-refractivity contribution in [2.45, 2.75) is 31.4 Å². The third-order valence-electron chi connectivity index (χ3n) is 4.41. The summed E-state index contributed by atoms with van der Waals surface area (Å²) in [6.07, 6.45) is 1.57. The number of hydrogen-bond donors (Lipinski definition) is 2. The molecular weight excluding hydrogens is 268 g/mol. The summed E-state index contributed by atoms with van der Waals surface area (Å²) >= 11 is 0. The van der Waals surface area contributed by atoms with Gasteiger partial charge in [0.1, 0.15) is 17.4 Å². The Labute approximate surface area is 124 Å². The minimum Gasteiger partial charge on any atom is -0.459 e. The SMILES string of the molecule is COC1(C(NN)c2cc3cc(C)ccc3o2)CCOCC1. The van der Waals surface area contributed by atoms with Gasteiger partial charge in [-0.25, -0.2) is 5.43 Å². The van der Waals surface area contributed by atoms with Gasteiger partial charge in [-0.2, -0.15) is 0 Å². The number of aryl methyl sites for hydroxylation is 1. The van der Waals surface area contributed by atoms with E-state index in [0.29, 0.717) is 13.2 Å². The maximum absolute atomic E-state index is 5.99. The Bertz CT molecular complexity index is 617. The molecule has 1 saturated heterocycles. The first-order valence-corrected chi connectivity index (χ1v) is 7.28. The number of methoxy groups -OCH3 is 1. The van der Waals surface area contributed by atoms with Gasteiger partial charge in [0.05, 0.1) is 5.60 Å². The van der Waals surface area contributed by atoms with Crippen molar-refractivity contribution < 1.29 is 13.9 Å². The first-order chi connectivity index (χ1) is 10.2. The maximum atomic E-state index is 5.99. The molecular formula is C16H22N2O3. The predicted molar refractivity (Wildman–Crippen MR) is 80.8 cm³/mol. The average molecular weight is 290 g/mol. The zero-order chi connectivity index (χ0) is 14.9. The molecule has 1 aliphatic heterocycles. The Morgan fingerprint density at radius 2 is 2.05 bits per heavy atom. The van der Waals surface area contributed by atoms with E-state index in [-0.39, 0.29) is 6.04 Å². The number of hydrogen-bond acceptors (Lipinski definition) is 5. The van der Waals surface area contributed by atoms with Gasteiger partial charge in [-0.1, -0.05) is 11.6 Å². The normalized spacial score (nSPS) is 19.8. The first-order valence-electron chi connectivity index (χ1n) is 7.28. The number of nitrogens with two attached hydrogens (primary N) is 1. The molecule has 0 bridgehead atoms. The zero-order valence-corrected chi connectivity index (χ0v) is 12.5. The highest BCUT2D eigenvalue weighted by Crippen LogP contribution is 2.38. The molecule has 1 aliphatic rings. The molecule has 1 atom stereocenters. The van der Waals surface area contributed by atoms with E-state index in [4.69, 9.17) is 19.7 Å². The zero-order valence-electron chi connectivity index (χ0n) is 12.5. The first kappa shape index (κ1) is 14.5. The van der Waals surface area contributed by atoms with Crippen molar-refractivity contribution in [3.63, 3.8) is 0 Å². The second kappa shape index (κ2) is 5.77. The van der Waals surface area contributed by atoms with Gasteiger partial charge in [-0.3, -0.25) is 5.84 Å². The molecule has 0 radical (unpaired) electrons. The highest BCUT2D eigenvalue weighted by Gasteiger charge is 2.42. The van der Waals surface area contributed by atoms with Crippen molar-refractivity contribution in [3.05, 3.63) is 35.6 Å². The van der Waals surface area contributed by atoms with Crippen LogP contribution in [0.15, 0.2) is 28.7 Å². The van der Waals surface area contributed by atoms with Gasteiger partial charge in [-0.15, -0.1) is 0 Å². The summed E-state index contributed by atoms with van der Waals surface area (Å²) in [5.74, 6) is 6.62. The second-order valence-electron chi connectivity index (χ2n) is 5.67. The third-order valence-corrected chi connectivity index (χ3v) is 4.41. The molecule has 5 nitrogen and oxygen atoms in total. The number of ether oxygens (including phenoxy) is 2. The summed E-state index contributed by atoms with van der Waals surface area (Å²) in [5, 5.41) is 1.09. The van der Waals surface area contributed by atoms with E-state index in [9.17, 15) is 0 Å². The lowest BCUT2D eigenvalue weighted by atomic mass is 9.85. The van der Waals surface area contributed by atoms with E-state index < -0.39 is 5.60 Å². The van der Waals surface area contributed by atoms with Crippen LogP contribution in [-0.4, -0.2) is 25.9 Å². The van der Waals surface area contributed by atoms with Crippen LogP contribution in [0, 0.1) is 6.92 Å². The summed E-state index contributed by atoms with van der Waals surface area (Å²) in [6, 6.07) is 7.99. The number of furan rings is 1.